The molecule has 0 N–H and O–H groups in total. The quantitative estimate of drug-likeness (QED) is 0.758. The highest BCUT2D eigenvalue weighted by atomic mass is 16.5. The Hall–Kier alpha value is -2.44. The molecule has 1 saturated heterocycles. The highest BCUT2D eigenvalue weighted by Gasteiger charge is 2.46. The predicted molar refractivity (Wildman–Crippen MR) is 82.0 cm³/mol. The molecule has 1 heterocycles. The van der Waals surface area contributed by atoms with Crippen LogP contribution in [0.25, 0.3) is 0 Å². The van der Waals surface area contributed by atoms with Crippen molar-refractivity contribution < 1.29 is 28.5 Å². The minimum Gasteiger partial charge on any atom is -0.496 e. The lowest BCUT2D eigenvalue weighted by atomic mass is 9.89. The van der Waals surface area contributed by atoms with Gasteiger partial charge in [-0.3, -0.25) is 4.79 Å². The molecule has 1 fully saturated rings. The van der Waals surface area contributed by atoms with Gasteiger partial charge in [0.15, 0.2) is 0 Å². The number of nitrogens with zero attached hydrogens (tertiary/aromatic N) is 1. The summed E-state index contributed by atoms with van der Waals surface area (Å²) in [7, 11) is 7.47. The first kappa shape index (κ1) is 16.9. The molecule has 0 unspecified atom stereocenters. The van der Waals surface area contributed by atoms with E-state index in [0.717, 1.165) is 0 Å². The van der Waals surface area contributed by atoms with Crippen LogP contribution in [0.2, 0.25) is 0 Å². The smallest absolute Gasteiger partial charge is 0.329 e. The van der Waals surface area contributed by atoms with Gasteiger partial charge in [0, 0.05) is 37.1 Å². The Labute approximate surface area is 135 Å². The van der Waals surface area contributed by atoms with Crippen LogP contribution in [-0.2, 0) is 14.3 Å². The molecule has 2 rings (SSSR count). The number of methoxy groups -OCH3 is 4. The molecule has 126 valence electrons. The number of likely N-dealkylation sites (N-methyl/N-ethyl adjacent to an activating group) is 1. The molecule has 1 aromatic rings. The molecule has 7 heteroatoms. The maximum Gasteiger partial charge on any atom is 0.329 e. The van der Waals surface area contributed by atoms with Gasteiger partial charge in [0.25, 0.3) is 0 Å². The Morgan fingerprint density at radius 2 is 1.65 bits per heavy atom. The highest BCUT2D eigenvalue weighted by Crippen LogP contribution is 2.45. The number of hydrogen-bond acceptors (Lipinski definition) is 6. The van der Waals surface area contributed by atoms with Gasteiger partial charge in [-0.2, -0.15) is 0 Å². The topological polar surface area (TPSA) is 74.3 Å². The monoisotopic (exact) mass is 323 g/mol. The summed E-state index contributed by atoms with van der Waals surface area (Å²) in [5.41, 5.74) is 0.656. The highest BCUT2D eigenvalue weighted by molar-refractivity contribution is 5.90. The molecule has 1 aliphatic rings. The van der Waals surface area contributed by atoms with Crippen LogP contribution < -0.4 is 14.2 Å². The van der Waals surface area contributed by atoms with Crippen LogP contribution in [0.3, 0.4) is 0 Å². The van der Waals surface area contributed by atoms with Crippen molar-refractivity contribution in [2.45, 2.75) is 18.4 Å². The van der Waals surface area contributed by atoms with Crippen molar-refractivity contribution in [1.82, 2.24) is 4.90 Å². The number of carbonyl (C=O) groups excluding carboxylic acids is 2. The standard InChI is InChI=1S/C16H21NO6/c1-17-13(18)8-10(15(17)16(19)23-5)14-11(21-3)6-9(20-2)7-12(14)22-4/h6-7,10,15H,8H2,1-5H3/t10-,15-/m0/s1. The number of carbonyl (C=O) groups is 2. The van der Waals surface area contributed by atoms with Crippen LogP contribution in [0.5, 0.6) is 17.2 Å². The fraction of sp³-hybridized carbons (Fsp3) is 0.500. The average molecular weight is 323 g/mol. The van der Waals surface area contributed by atoms with Gasteiger partial charge < -0.3 is 23.8 Å². The number of rotatable bonds is 5. The minimum atomic E-state index is -0.719. The van der Waals surface area contributed by atoms with E-state index < -0.39 is 17.9 Å². The first-order valence-electron chi connectivity index (χ1n) is 7.11. The molecular formula is C16H21NO6. The van der Waals surface area contributed by atoms with Crippen molar-refractivity contribution in [2.75, 3.05) is 35.5 Å². The second-order valence-corrected chi connectivity index (χ2v) is 5.23. The maximum absolute atomic E-state index is 12.2. The molecule has 0 aliphatic carbocycles. The Morgan fingerprint density at radius 1 is 1.09 bits per heavy atom. The largest absolute Gasteiger partial charge is 0.496 e. The lowest BCUT2D eigenvalue weighted by molar-refractivity contribution is -0.148. The third kappa shape index (κ3) is 2.91. The first-order valence-corrected chi connectivity index (χ1v) is 7.11. The third-order valence-electron chi connectivity index (χ3n) is 4.15. The van der Waals surface area contributed by atoms with Gasteiger partial charge in [-0.1, -0.05) is 0 Å². The Morgan fingerprint density at radius 3 is 2.09 bits per heavy atom. The summed E-state index contributed by atoms with van der Waals surface area (Å²) in [6.07, 6.45) is 0.176. The maximum atomic E-state index is 12.2. The van der Waals surface area contributed by atoms with Crippen LogP contribution in [0.1, 0.15) is 17.9 Å². The number of esters is 1. The molecule has 1 aliphatic heterocycles. The predicted octanol–water partition coefficient (Wildman–Crippen LogP) is 1.20. The summed E-state index contributed by atoms with van der Waals surface area (Å²) in [6.45, 7) is 0. The number of likely N-dealkylation sites (tertiary alicyclic amines) is 1. The molecule has 0 saturated carbocycles. The lowest BCUT2D eigenvalue weighted by Crippen LogP contribution is -2.38. The number of ether oxygens (including phenoxy) is 4. The third-order valence-corrected chi connectivity index (χ3v) is 4.15. The number of amides is 1. The molecular weight excluding hydrogens is 302 g/mol. The Bertz CT molecular complexity index is 590. The summed E-state index contributed by atoms with van der Waals surface area (Å²) in [5, 5.41) is 0. The zero-order chi connectivity index (χ0) is 17.1. The fourth-order valence-corrected chi connectivity index (χ4v) is 2.97. The van der Waals surface area contributed by atoms with E-state index >= 15 is 0 Å². The van der Waals surface area contributed by atoms with Gasteiger partial charge in [-0.15, -0.1) is 0 Å². The normalized spacial score (nSPS) is 20.4. The molecule has 0 radical (unpaired) electrons. The molecule has 0 bridgehead atoms. The molecule has 1 aromatic carbocycles. The molecule has 1 amide bonds. The van der Waals surface area contributed by atoms with Crippen molar-refractivity contribution in [3.63, 3.8) is 0 Å². The number of benzene rings is 1. The zero-order valence-electron chi connectivity index (χ0n) is 13.9. The SMILES string of the molecule is COC(=O)[C@@H]1[C@H](c2c(OC)cc(OC)cc2OC)CC(=O)N1C. The summed E-state index contributed by atoms with van der Waals surface area (Å²) in [6, 6.07) is 2.69. The van der Waals surface area contributed by atoms with Crippen molar-refractivity contribution in [3.8, 4) is 17.2 Å². The average Bonchev–Trinajstić information content (AvgIpc) is 2.87. The van der Waals surface area contributed by atoms with Crippen molar-refractivity contribution >= 4 is 11.9 Å². The summed E-state index contributed by atoms with van der Waals surface area (Å²) in [4.78, 5) is 25.7. The molecule has 0 spiro atoms. The number of hydrogen-bond donors (Lipinski definition) is 0. The summed E-state index contributed by atoms with van der Waals surface area (Å²) >= 11 is 0. The molecule has 7 nitrogen and oxygen atoms in total. The van der Waals surface area contributed by atoms with Crippen LogP contribution >= 0.6 is 0 Å². The van der Waals surface area contributed by atoms with Gasteiger partial charge >= 0.3 is 5.97 Å². The first-order chi connectivity index (χ1) is 11.0. The van der Waals surface area contributed by atoms with Crippen molar-refractivity contribution in [2.24, 2.45) is 0 Å². The van der Waals surface area contributed by atoms with Gasteiger partial charge in [0.1, 0.15) is 23.3 Å². The molecule has 0 aromatic heterocycles. The van der Waals surface area contributed by atoms with Gasteiger partial charge in [0.05, 0.1) is 28.4 Å². The van der Waals surface area contributed by atoms with E-state index in [1.165, 1.54) is 33.3 Å². The van der Waals surface area contributed by atoms with E-state index in [0.29, 0.717) is 22.8 Å². The van der Waals surface area contributed by atoms with E-state index in [1.807, 2.05) is 0 Å². The van der Waals surface area contributed by atoms with E-state index in [4.69, 9.17) is 18.9 Å². The van der Waals surface area contributed by atoms with E-state index in [1.54, 1.807) is 19.2 Å². The lowest BCUT2D eigenvalue weighted by Gasteiger charge is -2.25. The van der Waals surface area contributed by atoms with Crippen LogP contribution in [0.4, 0.5) is 0 Å². The van der Waals surface area contributed by atoms with Crippen molar-refractivity contribution in [3.05, 3.63) is 17.7 Å². The van der Waals surface area contributed by atoms with Crippen LogP contribution in [0, 0.1) is 0 Å². The molecule has 2 atom stereocenters. The second-order valence-electron chi connectivity index (χ2n) is 5.23. The van der Waals surface area contributed by atoms with E-state index in [2.05, 4.69) is 0 Å². The Balaban J connectivity index is 2.59. The Kier molecular flexibility index (Phi) is 4.98. The van der Waals surface area contributed by atoms with Crippen LogP contribution in [-0.4, -0.2) is 58.3 Å². The molecule has 23 heavy (non-hydrogen) atoms. The second kappa shape index (κ2) is 6.76. The van der Waals surface area contributed by atoms with Gasteiger partial charge in [-0.05, 0) is 0 Å². The fourth-order valence-electron chi connectivity index (χ4n) is 2.97. The summed E-state index contributed by atoms with van der Waals surface area (Å²) < 4.78 is 20.9. The summed E-state index contributed by atoms with van der Waals surface area (Å²) in [5.74, 6) is 0.547. The van der Waals surface area contributed by atoms with Crippen molar-refractivity contribution in [1.29, 1.82) is 0 Å². The van der Waals surface area contributed by atoms with Gasteiger partial charge in [-0.25, -0.2) is 4.79 Å². The minimum absolute atomic E-state index is 0.134. The van der Waals surface area contributed by atoms with Crippen LogP contribution in [0.15, 0.2) is 12.1 Å². The van der Waals surface area contributed by atoms with E-state index in [-0.39, 0.29) is 12.3 Å². The van der Waals surface area contributed by atoms with E-state index in [9.17, 15) is 9.59 Å². The van der Waals surface area contributed by atoms with Gasteiger partial charge in [0.2, 0.25) is 5.91 Å². The zero-order valence-corrected chi connectivity index (χ0v) is 13.9.